The molecular weight excluding hydrogens is 253 g/mol. The van der Waals surface area contributed by atoms with Crippen molar-refractivity contribution in [1.29, 1.82) is 0 Å². The molecule has 0 spiro atoms. The van der Waals surface area contributed by atoms with E-state index >= 15 is 0 Å². The zero-order chi connectivity index (χ0) is 14.2. The Labute approximate surface area is 93.8 Å². The second kappa shape index (κ2) is 4.34. The molecule has 0 saturated carbocycles. The average molecular weight is 264 g/mol. The van der Waals surface area contributed by atoms with Gasteiger partial charge in [-0.25, -0.2) is 4.39 Å². The van der Waals surface area contributed by atoms with Crippen molar-refractivity contribution in [3.63, 3.8) is 0 Å². The molecule has 7 heteroatoms. The topological polar surface area (TPSA) is 0 Å². The summed E-state index contributed by atoms with van der Waals surface area (Å²) in [5.41, 5.74) is -7.94. The molecule has 0 saturated heterocycles. The van der Waals surface area contributed by atoms with E-state index in [1.54, 1.807) is 0 Å². The van der Waals surface area contributed by atoms with Crippen LogP contribution in [0.25, 0.3) is 0 Å². The van der Waals surface area contributed by atoms with E-state index in [1.165, 1.54) is 0 Å². The highest BCUT2D eigenvalue weighted by molar-refractivity contribution is 5.35. The highest BCUT2D eigenvalue weighted by atomic mass is 19.4. The molecule has 0 nitrogen and oxygen atoms in total. The van der Waals surface area contributed by atoms with Gasteiger partial charge in [-0.3, -0.25) is 0 Å². The molecule has 0 heterocycles. The molecule has 0 amide bonds. The molecule has 0 aromatic rings. The van der Waals surface area contributed by atoms with Crippen molar-refractivity contribution in [1.82, 2.24) is 0 Å². The van der Waals surface area contributed by atoms with Gasteiger partial charge < -0.3 is 0 Å². The standard InChI is InChI=1S/C10H11F7/c1-5(2)8(11,6(3)9(12,13)14)7(4)10(15,16)17/h5H,3-4H2,1-2H3. The Morgan fingerprint density at radius 1 is 0.765 bits per heavy atom. The van der Waals surface area contributed by atoms with Gasteiger partial charge in [0.25, 0.3) is 0 Å². The monoisotopic (exact) mass is 264 g/mol. The molecule has 0 rings (SSSR count). The first kappa shape index (κ1) is 16.0. The van der Waals surface area contributed by atoms with E-state index in [9.17, 15) is 30.7 Å². The Morgan fingerprint density at radius 2 is 1.00 bits per heavy atom. The second-order valence-electron chi connectivity index (χ2n) is 3.82. The van der Waals surface area contributed by atoms with Crippen LogP contribution in [0.1, 0.15) is 13.8 Å². The lowest BCUT2D eigenvalue weighted by Crippen LogP contribution is -2.44. The van der Waals surface area contributed by atoms with Gasteiger partial charge >= 0.3 is 12.4 Å². The summed E-state index contributed by atoms with van der Waals surface area (Å²) in [6.07, 6.45) is -10.5. The van der Waals surface area contributed by atoms with Gasteiger partial charge in [0, 0.05) is 0 Å². The minimum absolute atomic E-state index is 0.897. The highest BCUT2D eigenvalue weighted by Gasteiger charge is 2.57. The molecule has 0 unspecified atom stereocenters. The molecule has 0 fully saturated rings. The minimum Gasteiger partial charge on any atom is -0.233 e. The Bertz CT molecular complexity index is 293. The van der Waals surface area contributed by atoms with Crippen LogP contribution in [-0.4, -0.2) is 18.0 Å². The third-order valence-corrected chi connectivity index (χ3v) is 2.36. The Hall–Kier alpha value is -1.01. The normalized spacial score (nSPS) is 14.0. The van der Waals surface area contributed by atoms with Crippen molar-refractivity contribution in [2.45, 2.75) is 31.9 Å². The quantitative estimate of drug-likeness (QED) is 0.516. The van der Waals surface area contributed by atoms with E-state index in [-0.39, 0.29) is 0 Å². The van der Waals surface area contributed by atoms with Gasteiger partial charge in [0.2, 0.25) is 0 Å². The Kier molecular flexibility index (Phi) is 4.09. The third-order valence-electron chi connectivity index (χ3n) is 2.36. The van der Waals surface area contributed by atoms with Gasteiger partial charge in [-0.2, -0.15) is 26.3 Å². The third kappa shape index (κ3) is 3.01. The number of hydrogen-bond donors (Lipinski definition) is 0. The van der Waals surface area contributed by atoms with Crippen LogP contribution in [0.15, 0.2) is 24.3 Å². The van der Waals surface area contributed by atoms with E-state index in [0.29, 0.717) is 0 Å². The molecule has 0 N–H and O–H groups in total. The Morgan fingerprint density at radius 3 is 1.12 bits per heavy atom. The van der Waals surface area contributed by atoms with Gasteiger partial charge in [0.05, 0.1) is 11.1 Å². The minimum atomic E-state index is -5.26. The van der Waals surface area contributed by atoms with Crippen molar-refractivity contribution in [2.75, 3.05) is 0 Å². The number of halogens is 7. The maximum atomic E-state index is 14.1. The van der Waals surface area contributed by atoms with Crippen LogP contribution in [0.3, 0.4) is 0 Å². The number of allylic oxidation sites excluding steroid dienone is 2. The molecule has 0 aromatic carbocycles. The van der Waals surface area contributed by atoms with Gasteiger partial charge in [-0.1, -0.05) is 27.0 Å². The molecule has 0 aliphatic heterocycles. The summed E-state index contributed by atoms with van der Waals surface area (Å²) < 4.78 is 87.9. The fourth-order valence-electron chi connectivity index (χ4n) is 1.29. The Balaban J connectivity index is 5.66. The van der Waals surface area contributed by atoms with Crippen LogP contribution < -0.4 is 0 Å². The smallest absolute Gasteiger partial charge is 0.233 e. The summed E-state index contributed by atoms with van der Waals surface area (Å²) in [5.74, 6) is -1.59. The molecule has 0 aliphatic rings. The van der Waals surface area contributed by atoms with E-state index in [1.807, 2.05) is 0 Å². The molecule has 0 radical (unpaired) electrons. The predicted molar refractivity (Wildman–Crippen MR) is 49.1 cm³/mol. The zero-order valence-electron chi connectivity index (χ0n) is 9.14. The molecule has 0 bridgehead atoms. The van der Waals surface area contributed by atoms with Crippen LogP contribution in [0, 0.1) is 5.92 Å². The van der Waals surface area contributed by atoms with Gasteiger partial charge in [-0.15, -0.1) is 0 Å². The van der Waals surface area contributed by atoms with E-state index in [4.69, 9.17) is 0 Å². The highest BCUT2D eigenvalue weighted by Crippen LogP contribution is 2.48. The summed E-state index contributed by atoms with van der Waals surface area (Å²) >= 11 is 0. The lowest BCUT2D eigenvalue weighted by molar-refractivity contribution is -0.134. The maximum Gasteiger partial charge on any atom is 0.415 e. The second-order valence-corrected chi connectivity index (χ2v) is 3.82. The van der Waals surface area contributed by atoms with Crippen molar-refractivity contribution >= 4 is 0 Å². The summed E-state index contributed by atoms with van der Waals surface area (Å²) in [4.78, 5) is 0. The lowest BCUT2D eigenvalue weighted by Gasteiger charge is -2.34. The van der Waals surface area contributed by atoms with E-state index < -0.39 is 35.1 Å². The number of hydrogen-bond acceptors (Lipinski definition) is 0. The molecule has 17 heavy (non-hydrogen) atoms. The van der Waals surface area contributed by atoms with Crippen molar-refractivity contribution in [3.05, 3.63) is 24.3 Å². The molecule has 0 atom stereocenters. The number of rotatable bonds is 3. The van der Waals surface area contributed by atoms with E-state index in [2.05, 4.69) is 13.2 Å². The SMILES string of the molecule is C=C(C(F)(F)F)C(F)(C(=C)C(F)(F)F)C(C)C. The maximum absolute atomic E-state index is 14.1. The summed E-state index contributed by atoms with van der Waals surface area (Å²) in [6.45, 7) is 6.58. The fourth-order valence-corrected chi connectivity index (χ4v) is 1.29. The first-order valence-corrected chi connectivity index (χ1v) is 4.47. The van der Waals surface area contributed by atoms with Gasteiger partial charge in [0.15, 0.2) is 5.67 Å². The number of alkyl halides is 7. The molecule has 0 aromatic heterocycles. The average Bonchev–Trinajstić information content (AvgIpc) is 2.10. The molecule has 100 valence electrons. The van der Waals surface area contributed by atoms with Crippen LogP contribution in [0.5, 0.6) is 0 Å². The zero-order valence-corrected chi connectivity index (χ0v) is 9.14. The largest absolute Gasteiger partial charge is 0.415 e. The van der Waals surface area contributed by atoms with Crippen LogP contribution in [0.2, 0.25) is 0 Å². The summed E-state index contributed by atoms with van der Waals surface area (Å²) in [5, 5.41) is 0. The first-order chi connectivity index (χ1) is 7.25. The van der Waals surface area contributed by atoms with Crippen molar-refractivity contribution in [3.8, 4) is 0 Å². The van der Waals surface area contributed by atoms with Crippen molar-refractivity contribution in [2.24, 2.45) is 5.92 Å². The summed E-state index contributed by atoms with van der Waals surface area (Å²) in [6, 6.07) is 0. The van der Waals surface area contributed by atoms with Gasteiger partial charge in [0.1, 0.15) is 0 Å². The lowest BCUT2D eigenvalue weighted by atomic mass is 9.79. The van der Waals surface area contributed by atoms with Crippen molar-refractivity contribution < 1.29 is 30.7 Å². The van der Waals surface area contributed by atoms with E-state index in [0.717, 1.165) is 13.8 Å². The van der Waals surface area contributed by atoms with Crippen LogP contribution >= 0.6 is 0 Å². The van der Waals surface area contributed by atoms with Gasteiger partial charge in [-0.05, 0) is 5.92 Å². The predicted octanol–water partition coefficient (Wildman–Crippen LogP) is 4.59. The van der Waals surface area contributed by atoms with Crippen LogP contribution in [-0.2, 0) is 0 Å². The molecular formula is C10H11F7. The first-order valence-electron chi connectivity index (χ1n) is 4.47. The fraction of sp³-hybridized carbons (Fsp3) is 0.600. The van der Waals surface area contributed by atoms with Crippen LogP contribution in [0.4, 0.5) is 30.7 Å². The molecule has 0 aliphatic carbocycles. The summed E-state index contributed by atoms with van der Waals surface area (Å²) in [7, 11) is 0.